The molecule has 1 amide bonds. The number of hydrogen-bond acceptors (Lipinski definition) is 7. The van der Waals surface area contributed by atoms with Crippen LogP contribution in [0, 0.1) is 0 Å². The molecule has 0 radical (unpaired) electrons. The van der Waals surface area contributed by atoms with E-state index in [-0.39, 0.29) is 5.91 Å². The maximum atomic E-state index is 13.5. The third-order valence-corrected chi connectivity index (χ3v) is 5.88. The maximum Gasteiger partial charge on any atom is 0.280 e. The minimum atomic E-state index is -0.333. The molecule has 0 aliphatic rings. The zero-order valence-corrected chi connectivity index (χ0v) is 18.9. The predicted octanol–water partition coefficient (Wildman–Crippen LogP) is 6.37. The summed E-state index contributed by atoms with van der Waals surface area (Å²) in [5.74, 6) is 2.25. The molecule has 0 N–H and O–H groups in total. The monoisotopic (exact) mass is 469 g/mol. The zero-order valence-electron chi connectivity index (χ0n) is 18.1. The first-order valence-corrected chi connectivity index (χ1v) is 11.2. The number of furan rings is 1. The average molecular weight is 470 g/mol. The fourth-order valence-electron chi connectivity index (χ4n) is 3.19. The van der Waals surface area contributed by atoms with Crippen LogP contribution in [0.25, 0.3) is 10.2 Å². The molecule has 5 rings (SSSR count). The van der Waals surface area contributed by atoms with E-state index in [2.05, 4.69) is 10.1 Å². The van der Waals surface area contributed by atoms with Crippen LogP contribution in [0.5, 0.6) is 17.2 Å². The van der Waals surface area contributed by atoms with Gasteiger partial charge in [-0.25, -0.2) is 4.98 Å². The van der Waals surface area contributed by atoms with Crippen molar-refractivity contribution in [1.82, 2.24) is 4.98 Å². The number of amides is 1. The zero-order chi connectivity index (χ0) is 23.3. The van der Waals surface area contributed by atoms with Gasteiger partial charge in [0.15, 0.2) is 0 Å². The van der Waals surface area contributed by atoms with Crippen molar-refractivity contribution < 1.29 is 18.7 Å². The summed E-state index contributed by atoms with van der Waals surface area (Å²) in [5, 5.41) is 6.09. The Morgan fingerprint density at radius 1 is 0.971 bits per heavy atom. The van der Waals surface area contributed by atoms with Crippen molar-refractivity contribution in [3.8, 4) is 17.2 Å². The predicted molar refractivity (Wildman–Crippen MR) is 132 cm³/mol. The van der Waals surface area contributed by atoms with E-state index in [1.54, 1.807) is 49.8 Å². The number of para-hydroxylation sites is 1. The van der Waals surface area contributed by atoms with Gasteiger partial charge in [0.2, 0.25) is 5.13 Å². The SMILES string of the molecule is COc1ccc2nc(N(/N=C/c3ccco3)C(=O)c3ccc(Oc4ccccc4)cc3)sc2c1. The van der Waals surface area contributed by atoms with Crippen LogP contribution in [0.1, 0.15) is 16.1 Å². The van der Waals surface area contributed by atoms with E-state index >= 15 is 0 Å². The van der Waals surface area contributed by atoms with E-state index in [1.165, 1.54) is 22.6 Å². The molecule has 0 unspecified atom stereocenters. The lowest BCUT2D eigenvalue weighted by Gasteiger charge is -2.14. The number of methoxy groups -OCH3 is 1. The highest BCUT2D eigenvalue weighted by atomic mass is 32.1. The molecular formula is C26H19N3O4S. The summed E-state index contributed by atoms with van der Waals surface area (Å²) in [6.07, 6.45) is 3.03. The lowest BCUT2D eigenvalue weighted by molar-refractivity contribution is 0.0988. The van der Waals surface area contributed by atoms with Crippen LogP contribution in [0.15, 0.2) is 101 Å². The Morgan fingerprint density at radius 3 is 2.47 bits per heavy atom. The Hall–Kier alpha value is -4.43. The second-order valence-electron chi connectivity index (χ2n) is 7.15. The van der Waals surface area contributed by atoms with Crippen molar-refractivity contribution in [2.45, 2.75) is 0 Å². The van der Waals surface area contributed by atoms with Crippen LogP contribution in [0.3, 0.4) is 0 Å². The number of anilines is 1. The number of hydrogen-bond donors (Lipinski definition) is 0. The van der Waals surface area contributed by atoms with Crippen molar-refractivity contribution >= 4 is 38.8 Å². The number of rotatable bonds is 7. The Morgan fingerprint density at radius 2 is 1.74 bits per heavy atom. The lowest BCUT2D eigenvalue weighted by Crippen LogP contribution is -2.25. The Labute approximate surface area is 199 Å². The van der Waals surface area contributed by atoms with Gasteiger partial charge in [0.25, 0.3) is 5.91 Å². The van der Waals surface area contributed by atoms with Crippen molar-refractivity contribution in [2.24, 2.45) is 5.10 Å². The van der Waals surface area contributed by atoms with Crippen LogP contribution >= 0.6 is 11.3 Å². The van der Waals surface area contributed by atoms with Crippen LogP contribution in [0.4, 0.5) is 5.13 Å². The average Bonchev–Trinajstić information content (AvgIpc) is 3.54. The summed E-state index contributed by atoms with van der Waals surface area (Å²) in [6.45, 7) is 0. The highest BCUT2D eigenvalue weighted by molar-refractivity contribution is 7.22. The number of nitrogens with zero attached hydrogens (tertiary/aromatic N) is 3. The van der Waals surface area contributed by atoms with Gasteiger partial charge in [0, 0.05) is 5.56 Å². The van der Waals surface area contributed by atoms with Gasteiger partial charge in [0.05, 0.1) is 29.8 Å². The van der Waals surface area contributed by atoms with E-state index < -0.39 is 0 Å². The van der Waals surface area contributed by atoms with Crippen molar-refractivity contribution in [1.29, 1.82) is 0 Å². The van der Waals surface area contributed by atoms with Gasteiger partial charge in [-0.3, -0.25) is 4.79 Å². The van der Waals surface area contributed by atoms with Gasteiger partial charge in [-0.2, -0.15) is 10.1 Å². The number of benzene rings is 3. The molecule has 0 fully saturated rings. The molecule has 0 bridgehead atoms. The number of hydrazone groups is 1. The molecule has 0 saturated heterocycles. The van der Waals surface area contributed by atoms with E-state index in [0.29, 0.717) is 28.0 Å². The van der Waals surface area contributed by atoms with E-state index in [9.17, 15) is 4.79 Å². The van der Waals surface area contributed by atoms with E-state index in [4.69, 9.17) is 13.9 Å². The molecule has 5 aromatic rings. The normalized spacial score (nSPS) is 11.1. The molecule has 168 valence electrons. The first-order valence-electron chi connectivity index (χ1n) is 10.4. The quantitative estimate of drug-likeness (QED) is 0.204. The highest BCUT2D eigenvalue weighted by Crippen LogP contribution is 2.32. The summed E-state index contributed by atoms with van der Waals surface area (Å²) >= 11 is 1.34. The summed E-state index contributed by atoms with van der Waals surface area (Å²) in [4.78, 5) is 18.1. The fraction of sp³-hybridized carbons (Fsp3) is 0.0385. The summed E-state index contributed by atoms with van der Waals surface area (Å²) in [7, 11) is 1.61. The van der Waals surface area contributed by atoms with Crippen molar-refractivity contribution in [3.05, 3.63) is 103 Å². The fourth-order valence-corrected chi connectivity index (χ4v) is 4.14. The van der Waals surface area contributed by atoms with Crippen molar-refractivity contribution in [2.75, 3.05) is 12.1 Å². The van der Waals surface area contributed by atoms with Crippen LogP contribution in [-0.2, 0) is 0 Å². The summed E-state index contributed by atoms with van der Waals surface area (Å²) < 4.78 is 17.3. The lowest BCUT2D eigenvalue weighted by atomic mass is 10.2. The molecule has 0 spiro atoms. The number of aromatic nitrogens is 1. The topological polar surface area (TPSA) is 77.2 Å². The Bertz CT molecular complexity index is 1430. The van der Waals surface area contributed by atoms with Crippen LogP contribution in [-0.4, -0.2) is 24.2 Å². The number of carbonyl (C=O) groups is 1. The Balaban J connectivity index is 1.45. The molecule has 0 aliphatic carbocycles. The molecule has 0 atom stereocenters. The second kappa shape index (κ2) is 9.60. The van der Waals surface area contributed by atoms with Crippen molar-refractivity contribution in [3.63, 3.8) is 0 Å². The van der Waals surface area contributed by atoms with Gasteiger partial charge in [0.1, 0.15) is 23.0 Å². The molecule has 7 nitrogen and oxygen atoms in total. The third-order valence-electron chi connectivity index (χ3n) is 4.88. The minimum Gasteiger partial charge on any atom is -0.497 e. The third kappa shape index (κ3) is 4.67. The largest absolute Gasteiger partial charge is 0.497 e. The molecule has 0 saturated carbocycles. The number of thiazole rings is 1. The van der Waals surface area contributed by atoms with Gasteiger partial charge in [-0.05, 0) is 66.7 Å². The maximum absolute atomic E-state index is 13.5. The first-order chi connectivity index (χ1) is 16.7. The molecule has 34 heavy (non-hydrogen) atoms. The van der Waals surface area contributed by atoms with Gasteiger partial charge < -0.3 is 13.9 Å². The van der Waals surface area contributed by atoms with E-state index in [1.807, 2.05) is 48.5 Å². The smallest absolute Gasteiger partial charge is 0.280 e. The molecule has 2 aromatic heterocycles. The highest BCUT2D eigenvalue weighted by Gasteiger charge is 2.21. The molecular weight excluding hydrogens is 450 g/mol. The van der Waals surface area contributed by atoms with Crippen LogP contribution in [0.2, 0.25) is 0 Å². The molecule has 2 heterocycles. The molecule has 3 aromatic carbocycles. The van der Waals surface area contributed by atoms with Gasteiger partial charge >= 0.3 is 0 Å². The summed E-state index contributed by atoms with van der Waals surface area (Å²) in [6, 6.07) is 25.4. The van der Waals surface area contributed by atoms with E-state index in [0.717, 1.165) is 16.0 Å². The second-order valence-corrected chi connectivity index (χ2v) is 8.16. The van der Waals surface area contributed by atoms with Gasteiger partial charge in [-0.15, -0.1) is 0 Å². The first kappa shape index (κ1) is 21.4. The number of carbonyl (C=O) groups excluding carboxylic acids is 1. The summed E-state index contributed by atoms with van der Waals surface area (Å²) in [5.41, 5.74) is 1.19. The Kier molecular flexibility index (Phi) is 6.05. The minimum absolute atomic E-state index is 0.333. The van der Waals surface area contributed by atoms with Gasteiger partial charge in [-0.1, -0.05) is 29.5 Å². The number of ether oxygens (including phenoxy) is 2. The molecule has 8 heteroatoms. The van der Waals surface area contributed by atoms with Crippen LogP contribution < -0.4 is 14.5 Å². The standard InChI is InChI=1S/C26H19N3O4S/c1-31-21-13-14-23-24(16-21)34-26(28-23)29(27-17-22-8-5-15-32-22)25(30)18-9-11-20(12-10-18)33-19-6-3-2-4-7-19/h2-17H,1H3/b27-17+. The number of fused-ring (bicyclic) bond motifs is 1. The molecule has 0 aliphatic heterocycles.